The van der Waals surface area contributed by atoms with Gasteiger partial charge in [-0.15, -0.1) is 0 Å². The molecule has 1 N–H and O–H groups in total. The summed E-state index contributed by atoms with van der Waals surface area (Å²) in [6.07, 6.45) is 3.96. The van der Waals surface area contributed by atoms with Gasteiger partial charge >= 0.3 is 0 Å². The molecule has 0 saturated carbocycles. The van der Waals surface area contributed by atoms with Crippen LogP contribution >= 0.6 is 0 Å². The van der Waals surface area contributed by atoms with Crippen LogP contribution in [-0.4, -0.2) is 37.2 Å². The summed E-state index contributed by atoms with van der Waals surface area (Å²) in [7, 11) is 0. The van der Waals surface area contributed by atoms with Crippen molar-refractivity contribution in [3.05, 3.63) is 29.8 Å². The Labute approximate surface area is 109 Å². The van der Waals surface area contributed by atoms with Crippen molar-refractivity contribution in [3.8, 4) is 5.75 Å². The van der Waals surface area contributed by atoms with Crippen LogP contribution in [0.15, 0.2) is 24.3 Å². The number of nitrogens with one attached hydrogen (secondary N) is 1. The molecule has 1 unspecified atom stereocenters. The number of hydrogen-bond acceptors (Lipinski definition) is 3. The van der Waals surface area contributed by atoms with E-state index in [1.54, 1.807) is 0 Å². The minimum atomic E-state index is 0.740. The van der Waals surface area contributed by atoms with Gasteiger partial charge in [0.05, 0.1) is 0 Å². The van der Waals surface area contributed by atoms with Crippen LogP contribution in [0.4, 0.5) is 0 Å². The van der Waals surface area contributed by atoms with E-state index in [0.29, 0.717) is 0 Å². The zero-order chi connectivity index (χ0) is 12.2. The molecule has 2 aliphatic rings. The van der Waals surface area contributed by atoms with Crippen molar-refractivity contribution >= 4 is 0 Å². The van der Waals surface area contributed by atoms with Crippen molar-refractivity contribution in [2.75, 3.05) is 26.2 Å². The molecule has 0 amide bonds. The monoisotopic (exact) mass is 246 g/mol. The fraction of sp³-hybridized carbons (Fsp3) is 0.600. The SMILES string of the molecule is c1ccc2c(c1)CN(CCC1CCCN1)CCO2. The highest BCUT2D eigenvalue weighted by Gasteiger charge is 2.18. The molecule has 0 bridgehead atoms. The van der Waals surface area contributed by atoms with Gasteiger partial charge in [-0.05, 0) is 31.9 Å². The fourth-order valence-corrected chi connectivity index (χ4v) is 2.91. The number of fused-ring (bicyclic) bond motifs is 1. The van der Waals surface area contributed by atoms with Gasteiger partial charge in [0.15, 0.2) is 0 Å². The number of hydrogen-bond donors (Lipinski definition) is 1. The van der Waals surface area contributed by atoms with E-state index in [-0.39, 0.29) is 0 Å². The zero-order valence-electron chi connectivity index (χ0n) is 10.9. The fourth-order valence-electron chi connectivity index (χ4n) is 2.91. The third-order valence-electron chi connectivity index (χ3n) is 3.99. The van der Waals surface area contributed by atoms with Crippen LogP contribution in [-0.2, 0) is 6.54 Å². The molecular formula is C15H22N2O. The van der Waals surface area contributed by atoms with Crippen molar-refractivity contribution in [3.63, 3.8) is 0 Å². The van der Waals surface area contributed by atoms with Gasteiger partial charge in [0, 0.05) is 31.2 Å². The summed E-state index contributed by atoms with van der Waals surface area (Å²) in [5, 5.41) is 3.57. The minimum absolute atomic E-state index is 0.740. The summed E-state index contributed by atoms with van der Waals surface area (Å²) in [6.45, 7) is 5.27. The molecule has 1 aromatic rings. The van der Waals surface area contributed by atoms with Crippen LogP contribution in [0.2, 0.25) is 0 Å². The number of ether oxygens (including phenoxy) is 1. The van der Waals surface area contributed by atoms with Crippen LogP contribution in [0, 0.1) is 0 Å². The summed E-state index contributed by atoms with van der Waals surface area (Å²) in [6, 6.07) is 9.16. The van der Waals surface area contributed by atoms with E-state index in [9.17, 15) is 0 Å². The van der Waals surface area contributed by atoms with Crippen LogP contribution in [0.1, 0.15) is 24.8 Å². The maximum atomic E-state index is 5.79. The lowest BCUT2D eigenvalue weighted by molar-refractivity contribution is 0.218. The van der Waals surface area contributed by atoms with Gasteiger partial charge < -0.3 is 10.1 Å². The molecule has 0 aliphatic carbocycles. The summed E-state index contributed by atoms with van der Waals surface area (Å²) >= 11 is 0. The maximum absolute atomic E-state index is 5.79. The van der Waals surface area contributed by atoms with Crippen molar-refractivity contribution in [2.24, 2.45) is 0 Å². The van der Waals surface area contributed by atoms with E-state index in [1.807, 2.05) is 0 Å². The summed E-state index contributed by atoms with van der Waals surface area (Å²) in [5.74, 6) is 1.07. The van der Waals surface area contributed by atoms with Crippen LogP contribution in [0.3, 0.4) is 0 Å². The van der Waals surface area contributed by atoms with Crippen molar-refractivity contribution in [1.82, 2.24) is 10.2 Å². The lowest BCUT2D eigenvalue weighted by Gasteiger charge is -2.21. The molecule has 1 aromatic carbocycles. The molecule has 2 aliphatic heterocycles. The van der Waals surface area contributed by atoms with Crippen LogP contribution in [0.5, 0.6) is 5.75 Å². The van der Waals surface area contributed by atoms with Crippen LogP contribution < -0.4 is 10.1 Å². The molecule has 98 valence electrons. The van der Waals surface area contributed by atoms with E-state index in [4.69, 9.17) is 4.74 Å². The molecule has 1 atom stereocenters. The molecule has 18 heavy (non-hydrogen) atoms. The number of para-hydroxylation sites is 1. The lowest BCUT2D eigenvalue weighted by atomic mass is 10.1. The Bertz CT molecular complexity index is 388. The Balaban J connectivity index is 1.57. The van der Waals surface area contributed by atoms with E-state index < -0.39 is 0 Å². The molecule has 2 heterocycles. The third kappa shape index (κ3) is 2.85. The Hall–Kier alpha value is -1.06. The smallest absolute Gasteiger partial charge is 0.123 e. The summed E-state index contributed by atoms with van der Waals surface area (Å²) in [5.41, 5.74) is 1.33. The molecule has 0 aromatic heterocycles. The molecule has 3 heteroatoms. The van der Waals surface area contributed by atoms with Crippen molar-refractivity contribution in [1.29, 1.82) is 0 Å². The Morgan fingerprint density at radius 2 is 2.28 bits per heavy atom. The Morgan fingerprint density at radius 3 is 3.17 bits per heavy atom. The number of benzene rings is 1. The average Bonchev–Trinajstić information content (AvgIpc) is 2.82. The van der Waals surface area contributed by atoms with Gasteiger partial charge in [0.2, 0.25) is 0 Å². The van der Waals surface area contributed by atoms with Crippen molar-refractivity contribution in [2.45, 2.75) is 31.8 Å². The average molecular weight is 246 g/mol. The standard InChI is InChI=1S/C15H22N2O/c1-2-6-15-13(4-1)12-17(10-11-18-15)9-7-14-5-3-8-16-14/h1-2,4,6,14,16H,3,5,7-12H2. The second-order valence-electron chi connectivity index (χ2n) is 5.31. The van der Waals surface area contributed by atoms with Gasteiger partial charge in [0.1, 0.15) is 12.4 Å². The predicted octanol–water partition coefficient (Wildman–Crippen LogP) is 2.02. The van der Waals surface area contributed by atoms with E-state index in [2.05, 4.69) is 34.5 Å². The molecule has 3 rings (SSSR count). The first-order valence-electron chi connectivity index (χ1n) is 7.08. The van der Waals surface area contributed by atoms with E-state index in [0.717, 1.165) is 31.5 Å². The number of rotatable bonds is 3. The van der Waals surface area contributed by atoms with Gasteiger partial charge in [-0.3, -0.25) is 4.90 Å². The van der Waals surface area contributed by atoms with E-state index >= 15 is 0 Å². The topological polar surface area (TPSA) is 24.5 Å². The van der Waals surface area contributed by atoms with Crippen LogP contribution in [0.25, 0.3) is 0 Å². The Kier molecular flexibility index (Phi) is 3.81. The van der Waals surface area contributed by atoms with Gasteiger partial charge in [-0.1, -0.05) is 18.2 Å². The first-order chi connectivity index (χ1) is 8.92. The largest absolute Gasteiger partial charge is 0.492 e. The summed E-state index contributed by atoms with van der Waals surface area (Å²) in [4.78, 5) is 2.52. The molecule has 1 fully saturated rings. The van der Waals surface area contributed by atoms with Gasteiger partial charge in [-0.2, -0.15) is 0 Å². The first kappa shape index (κ1) is 12.0. The zero-order valence-corrected chi connectivity index (χ0v) is 10.9. The molecule has 3 nitrogen and oxygen atoms in total. The maximum Gasteiger partial charge on any atom is 0.123 e. The molecular weight excluding hydrogens is 224 g/mol. The summed E-state index contributed by atoms with van der Waals surface area (Å²) < 4.78 is 5.79. The number of nitrogens with zero attached hydrogens (tertiary/aromatic N) is 1. The normalized spacial score (nSPS) is 24.3. The van der Waals surface area contributed by atoms with Gasteiger partial charge in [0.25, 0.3) is 0 Å². The lowest BCUT2D eigenvalue weighted by Crippen LogP contribution is -2.31. The minimum Gasteiger partial charge on any atom is -0.492 e. The van der Waals surface area contributed by atoms with Gasteiger partial charge in [-0.25, -0.2) is 0 Å². The predicted molar refractivity (Wildman–Crippen MR) is 72.9 cm³/mol. The molecule has 1 saturated heterocycles. The third-order valence-corrected chi connectivity index (χ3v) is 3.99. The highest BCUT2D eigenvalue weighted by Crippen LogP contribution is 2.22. The highest BCUT2D eigenvalue weighted by atomic mass is 16.5. The highest BCUT2D eigenvalue weighted by molar-refractivity contribution is 5.33. The van der Waals surface area contributed by atoms with E-state index in [1.165, 1.54) is 37.9 Å². The second-order valence-corrected chi connectivity index (χ2v) is 5.31. The second kappa shape index (κ2) is 5.72. The Morgan fingerprint density at radius 1 is 1.33 bits per heavy atom. The quantitative estimate of drug-likeness (QED) is 0.883. The molecule has 0 radical (unpaired) electrons. The van der Waals surface area contributed by atoms with Crippen molar-refractivity contribution < 1.29 is 4.74 Å². The first-order valence-corrected chi connectivity index (χ1v) is 7.08. The molecule has 0 spiro atoms.